The Morgan fingerprint density at radius 3 is 2.42 bits per heavy atom. The molecule has 0 bridgehead atoms. The van der Waals surface area contributed by atoms with Crippen LogP contribution in [-0.2, 0) is 4.79 Å². The van der Waals surface area contributed by atoms with E-state index in [9.17, 15) is 9.59 Å². The van der Waals surface area contributed by atoms with Crippen molar-refractivity contribution in [1.82, 2.24) is 5.43 Å². The van der Waals surface area contributed by atoms with Crippen molar-refractivity contribution in [2.75, 3.05) is 11.9 Å². The second kappa shape index (κ2) is 10.8. The van der Waals surface area contributed by atoms with Gasteiger partial charge in [-0.15, -0.1) is 0 Å². The lowest BCUT2D eigenvalue weighted by Gasteiger charge is -2.10. The predicted octanol–water partition coefficient (Wildman–Crippen LogP) is 5.43. The molecule has 3 aromatic carbocycles. The summed E-state index contributed by atoms with van der Waals surface area (Å²) < 4.78 is 5.59. The SMILES string of the molecule is O=C(COc1ccccc1C=NNC(=O)c1ccc(Cl)cc1)Nc1ccc(Cl)c(Cl)c1. The largest absolute Gasteiger partial charge is 0.483 e. The van der Waals surface area contributed by atoms with Crippen LogP contribution in [0.15, 0.2) is 71.8 Å². The molecule has 0 unspecified atom stereocenters. The first-order chi connectivity index (χ1) is 14.9. The van der Waals surface area contributed by atoms with Crippen LogP contribution in [-0.4, -0.2) is 24.6 Å². The highest BCUT2D eigenvalue weighted by atomic mass is 35.5. The number of nitrogens with one attached hydrogen (secondary N) is 2. The Hall–Kier alpha value is -3.06. The number of nitrogens with zero attached hydrogens (tertiary/aromatic N) is 1. The second-order valence-electron chi connectivity index (χ2n) is 6.21. The number of amides is 2. The summed E-state index contributed by atoms with van der Waals surface area (Å²) in [5.74, 6) is -0.329. The molecule has 6 nitrogen and oxygen atoms in total. The van der Waals surface area contributed by atoms with E-state index in [2.05, 4.69) is 15.8 Å². The number of carbonyl (C=O) groups excluding carboxylic acids is 2. The van der Waals surface area contributed by atoms with E-state index >= 15 is 0 Å². The van der Waals surface area contributed by atoms with Gasteiger partial charge in [0.2, 0.25) is 0 Å². The Morgan fingerprint density at radius 1 is 0.935 bits per heavy atom. The monoisotopic (exact) mass is 475 g/mol. The van der Waals surface area contributed by atoms with Crippen molar-refractivity contribution < 1.29 is 14.3 Å². The Bertz CT molecular complexity index is 1120. The molecule has 0 aromatic heterocycles. The first-order valence-corrected chi connectivity index (χ1v) is 10.1. The van der Waals surface area contributed by atoms with Gasteiger partial charge in [-0.25, -0.2) is 5.43 Å². The van der Waals surface area contributed by atoms with Crippen LogP contribution >= 0.6 is 34.8 Å². The fourth-order valence-electron chi connectivity index (χ4n) is 2.46. The Kier molecular flexibility index (Phi) is 7.89. The summed E-state index contributed by atoms with van der Waals surface area (Å²) in [6.07, 6.45) is 1.43. The third-order valence-electron chi connectivity index (χ3n) is 3.96. The minimum atomic E-state index is -0.382. The summed E-state index contributed by atoms with van der Waals surface area (Å²) in [4.78, 5) is 24.3. The molecule has 0 fully saturated rings. The van der Waals surface area contributed by atoms with Crippen LogP contribution in [0.25, 0.3) is 0 Å². The number of anilines is 1. The molecule has 158 valence electrons. The molecule has 0 saturated carbocycles. The molecule has 0 atom stereocenters. The fraction of sp³-hybridized carbons (Fsp3) is 0.0455. The summed E-state index contributed by atoms with van der Waals surface area (Å²) in [5.41, 5.74) is 3.94. The van der Waals surface area contributed by atoms with Gasteiger partial charge in [0.25, 0.3) is 11.8 Å². The molecular weight excluding hydrogens is 461 g/mol. The van der Waals surface area contributed by atoms with E-state index in [-0.39, 0.29) is 18.4 Å². The normalized spacial score (nSPS) is 10.7. The number of rotatable bonds is 7. The van der Waals surface area contributed by atoms with Crippen molar-refractivity contribution >= 4 is 58.5 Å². The van der Waals surface area contributed by atoms with Gasteiger partial charge in [0.1, 0.15) is 5.75 Å². The van der Waals surface area contributed by atoms with Crippen molar-refractivity contribution in [2.45, 2.75) is 0 Å². The van der Waals surface area contributed by atoms with Crippen LogP contribution in [0.1, 0.15) is 15.9 Å². The van der Waals surface area contributed by atoms with Crippen molar-refractivity contribution in [3.63, 3.8) is 0 Å². The molecule has 0 aliphatic rings. The zero-order valence-corrected chi connectivity index (χ0v) is 18.2. The van der Waals surface area contributed by atoms with Gasteiger partial charge >= 0.3 is 0 Å². The molecular formula is C22H16Cl3N3O3. The minimum absolute atomic E-state index is 0.234. The van der Waals surface area contributed by atoms with E-state index in [0.717, 1.165) is 0 Å². The third-order valence-corrected chi connectivity index (χ3v) is 4.95. The highest BCUT2D eigenvalue weighted by Gasteiger charge is 2.08. The third kappa shape index (κ3) is 6.72. The lowest BCUT2D eigenvalue weighted by Crippen LogP contribution is -2.20. The lowest BCUT2D eigenvalue weighted by molar-refractivity contribution is -0.118. The molecule has 9 heteroatoms. The van der Waals surface area contributed by atoms with Crippen LogP contribution < -0.4 is 15.5 Å². The van der Waals surface area contributed by atoms with Crippen molar-refractivity contribution in [1.29, 1.82) is 0 Å². The molecule has 0 heterocycles. The molecule has 2 N–H and O–H groups in total. The second-order valence-corrected chi connectivity index (χ2v) is 7.46. The summed E-state index contributed by atoms with van der Waals surface area (Å²) in [5, 5.41) is 7.89. The van der Waals surface area contributed by atoms with Crippen LogP contribution in [0.2, 0.25) is 15.1 Å². The van der Waals surface area contributed by atoms with Gasteiger partial charge in [-0.05, 0) is 54.6 Å². The van der Waals surface area contributed by atoms with Gasteiger partial charge in [0.15, 0.2) is 6.61 Å². The zero-order chi connectivity index (χ0) is 22.2. The van der Waals surface area contributed by atoms with Crippen molar-refractivity contribution in [2.24, 2.45) is 5.10 Å². The van der Waals surface area contributed by atoms with E-state index in [1.165, 1.54) is 6.21 Å². The predicted molar refractivity (Wildman–Crippen MR) is 124 cm³/mol. The minimum Gasteiger partial charge on any atom is -0.483 e. The first kappa shape index (κ1) is 22.6. The van der Waals surface area contributed by atoms with Crippen molar-refractivity contribution in [3.8, 4) is 5.75 Å². The van der Waals surface area contributed by atoms with Gasteiger partial charge in [-0.2, -0.15) is 5.10 Å². The van der Waals surface area contributed by atoms with Crippen LogP contribution in [0.3, 0.4) is 0 Å². The highest BCUT2D eigenvalue weighted by Crippen LogP contribution is 2.25. The van der Waals surface area contributed by atoms with E-state index in [1.54, 1.807) is 66.7 Å². The molecule has 3 rings (SSSR count). The topological polar surface area (TPSA) is 79.8 Å². The number of halogens is 3. The quantitative estimate of drug-likeness (QED) is 0.352. The number of hydrazone groups is 1. The molecule has 0 aliphatic carbocycles. The summed E-state index contributed by atoms with van der Waals surface area (Å²) in [6.45, 7) is -0.234. The molecule has 2 amide bonds. The maximum absolute atomic E-state index is 12.2. The average molecular weight is 477 g/mol. The van der Waals surface area contributed by atoms with Gasteiger partial charge < -0.3 is 10.1 Å². The number of hydrogen-bond donors (Lipinski definition) is 2. The smallest absolute Gasteiger partial charge is 0.271 e. The Balaban J connectivity index is 1.57. The van der Waals surface area contributed by atoms with Crippen LogP contribution in [0.4, 0.5) is 5.69 Å². The maximum atomic E-state index is 12.2. The van der Waals surface area contributed by atoms with Gasteiger partial charge in [-0.1, -0.05) is 46.9 Å². The van der Waals surface area contributed by atoms with E-state index < -0.39 is 0 Å². The molecule has 31 heavy (non-hydrogen) atoms. The summed E-state index contributed by atoms with van der Waals surface area (Å²) in [6, 6.07) is 18.2. The fourth-order valence-corrected chi connectivity index (χ4v) is 2.88. The maximum Gasteiger partial charge on any atom is 0.271 e. The first-order valence-electron chi connectivity index (χ1n) is 8.98. The zero-order valence-electron chi connectivity index (χ0n) is 15.9. The number of ether oxygens (including phenoxy) is 1. The van der Waals surface area contributed by atoms with E-state index in [4.69, 9.17) is 39.5 Å². The molecule has 0 spiro atoms. The summed E-state index contributed by atoms with van der Waals surface area (Å²) in [7, 11) is 0. The number of hydrogen-bond acceptors (Lipinski definition) is 4. The molecule has 3 aromatic rings. The lowest BCUT2D eigenvalue weighted by atomic mass is 10.2. The van der Waals surface area contributed by atoms with Gasteiger partial charge in [0, 0.05) is 21.8 Å². The molecule has 0 aliphatic heterocycles. The van der Waals surface area contributed by atoms with E-state index in [0.29, 0.717) is 37.6 Å². The number of carbonyl (C=O) groups is 2. The summed E-state index contributed by atoms with van der Waals surface area (Å²) >= 11 is 17.6. The highest BCUT2D eigenvalue weighted by molar-refractivity contribution is 6.42. The van der Waals surface area contributed by atoms with Crippen LogP contribution in [0.5, 0.6) is 5.75 Å². The van der Waals surface area contributed by atoms with Gasteiger partial charge in [-0.3, -0.25) is 9.59 Å². The molecule has 0 saturated heterocycles. The van der Waals surface area contributed by atoms with E-state index in [1.807, 2.05) is 0 Å². The van der Waals surface area contributed by atoms with Crippen LogP contribution in [0, 0.1) is 0 Å². The average Bonchev–Trinajstić information content (AvgIpc) is 2.76. The van der Waals surface area contributed by atoms with Crippen molar-refractivity contribution in [3.05, 3.63) is 92.9 Å². The Morgan fingerprint density at radius 2 is 1.68 bits per heavy atom. The van der Waals surface area contributed by atoms with Gasteiger partial charge in [0.05, 0.1) is 16.3 Å². The Labute approximate surface area is 193 Å². The molecule has 0 radical (unpaired) electrons. The standard InChI is InChI=1S/C22H16Cl3N3O3/c23-16-7-5-14(6-8-16)22(30)28-26-12-15-3-1-2-4-20(15)31-13-21(29)27-17-9-10-18(24)19(25)11-17/h1-12H,13H2,(H,27,29)(H,28,30). The number of benzene rings is 3. The number of para-hydroxylation sites is 1.